The smallest absolute Gasteiger partial charge is 0.326 e. The first-order chi connectivity index (χ1) is 18.3. The number of nitrogens with zero attached hydrogens (tertiary/aromatic N) is 1. The van der Waals surface area contributed by atoms with E-state index < -0.39 is 60.2 Å². The molecule has 14 heteroatoms. The molecule has 4 amide bonds. The van der Waals surface area contributed by atoms with Gasteiger partial charge in [-0.25, -0.2) is 4.79 Å². The Morgan fingerprint density at radius 1 is 0.872 bits per heavy atom. The molecule has 4 unspecified atom stereocenters. The number of aliphatic imine (C=N–C) groups is 1. The van der Waals surface area contributed by atoms with Crippen molar-refractivity contribution in [1.29, 1.82) is 0 Å². The number of hydrogen-bond acceptors (Lipinski definition) is 7. The van der Waals surface area contributed by atoms with Crippen molar-refractivity contribution >= 4 is 35.6 Å². The standard InChI is InChI=1S/C25H40N8O6/c1-14(2)11-16(26)21(35)32-18(12-15-7-4-3-5-8-15)23(37)31-17(9-6-10-30-25(28)29)22(36)33-19(24(38)39)13-20(27)34/h3-5,7-8,14,16-19H,6,9-13,26H2,1-2H3,(H2,27,34)(H,31,37)(H,32,35)(H,33,36)(H,38,39)(H4,28,29,30). The second-order valence-electron chi connectivity index (χ2n) is 9.57. The number of carbonyl (C=O) groups is 5. The summed E-state index contributed by atoms with van der Waals surface area (Å²) in [5, 5.41) is 16.8. The fraction of sp³-hybridized carbons (Fsp3) is 0.520. The second-order valence-corrected chi connectivity index (χ2v) is 9.57. The van der Waals surface area contributed by atoms with Crippen LogP contribution < -0.4 is 38.9 Å². The van der Waals surface area contributed by atoms with Crippen LogP contribution in [-0.4, -0.2) is 71.4 Å². The van der Waals surface area contributed by atoms with Crippen molar-refractivity contribution in [3.05, 3.63) is 35.9 Å². The van der Waals surface area contributed by atoms with E-state index >= 15 is 0 Å². The first-order valence-electron chi connectivity index (χ1n) is 12.6. The molecule has 12 N–H and O–H groups in total. The maximum Gasteiger partial charge on any atom is 0.326 e. The van der Waals surface area contributed by atoms with Gasteiger partial charge in [0.05, 0.1) is 12.5 Å². The van der Waals surface area contributed by atoms with E-state index in [4.69, 9.17) is 22.9 Å². The lowest BCUT2D eigenvalue weighted by molar-refractivity contribution is -0.143. The number of aliphatic carboxylic acids is 1. The van der Waals surface area contributed by atoms with Crippen LogP contribution in [-0.2, 0) is 30.4 Å². The van der Waals surface area contributed by atoms with Gasteiger partial charge in [0.25, 0.3) is 0 Å². The topological polar surface area (TPSA) is 258 Å². The largest absolute Gasteiger partial charge is 0.480 e. The molecule has 1 aromatic rings. The van der Waals surface area contributed by atoms with Crippen molar-refractivity contribution in [2.45, 2.75) is 70.1 Å². The maximum absolute atomic E-state index is 13.4. The van der Waals surface area contributed by atoms with Crippen LogP contribution in [0.5, 0.6) is 0 Å². The Morgan fingerprint density at radius 3 is 1.97 bits per heavy atom. The van der Waals surface area contributed by atoms with E-state index in [0.29, 0.717) is 6.42 Å². The summed E-state index contributed by atoms with van der Waals surface area (Å²) in [5.74, 6) is -4.49. The third kappa shape index (κ3) is 13.2. The van der Waals surface area contributed by atoms with E-state index in [2.05, 4.69) is 20.9 Å². The Kier molecular flexibility index (Phi) is 14.0. The molecule has 0 aromatic heterocycles. The second kappa shape index (κ2) is 16.6. The molecule has 14 nitrogen and oxygen atoms in total. The third-order valence-electron chi connectivity index (χ3n) is 5.58. The molecule has 39 heavy (non-hydrogen) atoms. The van der Waals surface area contributed by atoms with Gasteiger partial charge in [0.2, 0.25) is 23.6 Å². The molecular weight excluding hydrogens is 508 g/mol. The summed E-state index contributed by atoms with van der Waals surface area (Å²) in [7, 11) is 0. The molecule has 0 saturated carbocycles. The zero-order valence-corrected chi connectivity index (χ0v) is 22.3. The highest BCUT2D eigenvalue weighted by atomic mass is 16.4. The monoisotopic (exact) mass is 548 g/mol. The molecule has 0 aliphatic heterocycles. The average Bonchev–Trinajstić information content (AvgIpc) is 2.84. The van der Waals surface area contributed by atoms with Gasteiger partial charge in [0.15, 0.2) is 5.96 Å². The van der Waals surface area contributed by atoms with E-state index in [0.717, 1.165) is 5.56 Å². The molecule has 1 rings (SSSR count). The predicted molar refractivity (Wildman–Crippen MR) is 145 cm³/mol. The van der Waals surface area contributed by atoms with Crippen LogP contribution in [0.3, 0.4) is 0 Å². The summed E-state index contributed by atoms with van der Waals surface area (Å²) in [6.45, 7) is 3.96. The Bertz CT molecular complexity index is 1010. The number of carbonyl (C=O) groups excluding carboxylic acids is 4. The van der Waals surface area contributed by atoms with Crippen molar-refractivity contribution in [2.24, 2.45) is 33.8 Å². The number of carboxylic acids is 1. The summed E-state index contributed by atoms with van der Waals surface area (Å²) >= 11 is 0. The highest BCUT2D eigenvalue weighted by Crippen LogP contribution is 2.08. The minimum atomic E-state index is -1.60. The molecule has 0 fully saturated rings. The molecule has 4 atom stereocenters. The van der Waals surface area contributed by atoms with Crippen molar-refractivity contribution in [3.8, 4) is 0 Å². The molecule has 0 radical (unpaired) electrons. The van der Waals surface area contributed by atoms with Gasteiger partial charge < -0.3 is 44.0 Å². The number of guanidine groups is 1. The summed E-state index contributed by atoms with van der Waals surface area (Å²) in [6, 6.07) is 4.15. The number of hydrogen-bond donors (Lipinski definition) is 8. The normalized spacial score (nSPS) is 13.8. The van der Waals surface area contributed by atoms with Crippen LogP contribution in [0.2, 0.25) is 0 Å². The zero-order chi connectivity index (χ0) is 29.5. The summed E-state index contributed by atoms with van der Waals surface area (Å²) in [4.78, 5) is 65.7. The van der Waals surface area contributed by atoms with Gasteiger partial charge in [0, 0.05) is 13.0 Å². The van der Waals surface area contributed by atoms with Gasteiger partial charge in [-0.2, -0.15) is 0 Å². The Balaban J connectivity index is 3.16. The van der Waals surface area contributed by atoms with E-state index in [-0.39, 0.29) is 37.7 Å². The zero-order valence-electron chi connectivity index (χ0n) is 22.3. The minimum Gasteiger partial charge on any atom is -0.480 e. The lowest BCUT2D eigenvalue weighted by Crippen LogP contribution is -2.58. The van der Waals surface area contributed by atoms with E-state index in [1.807, 2.05) is 13.8 Å². The number of carboxylic acid groups (broad SMARTS) is 1. The number of nitrogens with two attached hydrogens (primary N) is 4. The Labute approximate surface area is 227 Å². The predicted octanol–water partition coefficient (Wildman–Crippen LogP) is -1.93. The Hall–Kier alpha value is -4.20. The summed E-state index contributed by atoms with van der Waals surface area (Å²) < 4.78 is 0. The van der Waals surface area contributed by atoms with Gasteiger partial charge in [-0.1, -0.05) is 44.2 Å². The lowest BCUT2D eigenvalue weighted by atomic mass is 10.0. The number of primary amides is 1. The number of amides is 4. The van der Waals surface area contributed by atoms with Crippen LogP contribution in [0, 0.1) is 5.92 Å². The van der Waals surface area contributed by atoms with Crippen LogP contribution in [0.15, 0.2) is 35.3 Å². The number of rotatable bonds is 17. The van der Waals surface area contributed by atoms with E-state index in [1.165, 1.54) is 0 Å². The lowest BCUT2D eigenvalue weighted by Gasteiger charge is -2.25. The Morgan fingerprint density at radius 2 is 1.44 bits per heavy atom. The molecule has 1 aromatic carbocycles. The average molecular weight is 549 g/mol. The van der Waals surface area contributed by atoms with Crippen LogP contribution in [0.25, 0.3) is 0 Å². The van der Waals surface area contributed by atoms with E-state index in [9.17, 15) is 29.1 Å². The van der Waals surface area contributed by atoms with Crippen molar-refractivity contribution in [3.63, 3.8) is 0 Å². The van der Waals surface area contributed by atoms with Crippen LogP contribution in [0.4, 0.5) is 0 Å². The number of benzene rings is 1. The summed E-state index contributed by atoms with van der Waals surface area (Å²) in [5.41, 5.74) is 22.5. The van der Waals surface area contributed by atoms with Crippen LogP contribution >= 0.6 is 0 Å². The molecule has 0 saturated heterocycles. The molecular formula is C25H40N8O6. The van der Waals surface area contributed by atoms with E-state index in [1.54, 1.807) is 30.3 Å². The molecule has 216 valence electrons. The first kappa shape index (κ1) is 32.8. The van der Waals surface area contributed by atoms with Gasteiger partial charge in [-0.3, -0.25) is 24.2 Å². The molecule has 0 aliphatic rings. The van der Waals surface area contributed by atoms with Gasteiger partial charge in [0.1, 0.15) is 18.1 Å². The van der Waals surface area contributed by atoms with Crippen LogP contribution in [0.1, 0.15) is 45.1 Å². The van der Waals surface area contributed by atoms with Gasteiger partial charge >= 0.3 is 5.97 Å². The fourth-order valence-electron chi connectivity index (χ4n) is 3.67. The molecule has 0 spiro atoms. The third-order valence-corrected chi connectivity index (χ3v) is 5.58. The first-order valence-corrected chi connectivity index (χ1v) is 12.6. The van der Waals surface area contributed by atoms with Gasteiger partial charge in [-0.15, -0.1) is 0 Å². The molecule has 0 bridgehead atoms. The number of nitrogens with one attached hydrogen (secondary N) is 3. The molecule has 0 heterocycles. The molecule has 0 aliphatic carbocycles. The van der Waals surface area contributed by atoms with Gasteiger partial charge in [-0.05, 0) is 30.7 Å². The highest BCUT2D eigenvalue weighted by molar-refractivity contribution is 5.95. The van der Waals surface area contributed by atoms with Crippen molar-refractivity contribution in [2.75, 3.05) is 6.54 Å². The quantitative estimate of drug-likeness (QED) is 0.0611. The summed E-state index contributed by atoms with van der Waals surface area (Å²) in [6.07, 6.45) is 0.136. The fourth-order valence-corrected chi connectivity index (χ4v) is 3.67. The maximum atomic E-state index is 13.4. The highest BCUT2D eigenvalue weighted by Gasteiger charge is 2.31. The SMILES string of the molecule is CC(C)CC(N)C(=O)NC(Cc1ccccc1)C(=O)NC(CCCN=C(N)N)C(=O)NC(CC(N)=O)C(=O)O. The van der Waals surface area contributed by atoms with Crippen molar-refractivity contribution < 1.29 is 29.1 Å². The minimum absolute atomic E-state index is 0.0239. The van der Waals surface area contributed by atoms with Crippen molar-refractivity contribution in [1.82, 2.24) is 16.0 Å².